The third kappa shape index (κ3) is 3.22. The van der Waals surface area contributed by atoms with Gasteiger partial charge in [0.15, 0.2) is 0 Å². The maximum Gasteiger partial charge on any atom is 0.142 e. The standard InChI is InChI=1S/C17H17F2NO3/c1-22-12-3-5-17-15(9-12)20(6-7-23-17)10-16(21)13-4-2-11(18)8-14(13)19/h2-5,8-9,16,21H,6-7,10H2,1H3. The topological polar surface area (TPSA) is 41.9 Å². The van der Waals surface area contributed by atoms with Crippen molar-refractivity contribution >= 4 is 5.69 Å². The number of hydrogen-bond donors (Lipinski definition) is 1. The average molecular weight is 321 g/mol. The summed E-state index contributed by atoms with van der Waals surface area (Å²) in [7, 11) is 1.57. The molecule has 0 radical (unpaired) electrons. The Hall–Kier alpha value is -2.34. The van der Waals surface area contributed by atoms with Gasteiger partial charge >= 0.3 is 0 Å². The first kappa shape index (κ1) is 15.6. The van der Waals surface area contributed by atoms with E-state index in [1.54, 1.807) is 19.2 Å². The smallest absolute Gasteiger partial charge is 0.142 e. The SMILES string of the molecule is COc1ccc2c(c1)N(CC(O)c1ccc(F)cc1F)CCO2. The molecule has 1 aliphatic heterocycles. The van der Waals surface area contributed by atoms with Crippen molar-refractivity contribution in [1.82, 2.24) is 0 Å². The zero-order valence-corrected chi connectivity index (χ0v) is 12.6. The van der Waals surface area contributed by atoms with Crippen LogP contribution in [-0.2, 0) is 0 Å². The molecule has 0 bridgehead atoms. The highest BCUT2D eigenvalue weighted by atomic mass is 19.1. The van der Waals surface area contributed by atoms with Gasteiger partial charge in [0, 0.05) is 24.2 Å². The van der Waals surface area contributed by atoms with Crippen LogP contribution in [0.2, 0.25) is 0 Å². The first-order valence-electron chi connectivity index (χ1n) is 7.27. The number of rotatable bonds is 4. The average Bonchev–Trinajstić information content (AvgIpc) is 2.54. The van der Waals surface area contributed by atoms with E-state index in [4.69, 9.17) is 9.47 Å². The van der Waals surface area contributed by atoms with Crippen LogP contribution in [0.5, 0.6) is 11.5 Å². The number of benzene rings is 2. The van der Waals surface area contributed by atoms with Crippen molar-refractivity contribution in [3.63, 3.8) is 0 Å². The molecule has 0 fully saturated rings. The Kier molecular flexibility index (Phi) is 4.34. The van der Waals surface area contributed by atoms with Crippen LogP contribution in [0, 0.1) is 11.6 Å². The summed E-state index contributed by atoms with van der Waals surface area (Å²) in [6, 6.07) is 8.57. The van der Waals surface area contributed by atoms with Gasteiger partial charge in [0.2, 0.25) is 0 Å². The van der Waals surface area contributed by atoms with E-state index in [1.807, 2.05) is 11.0 Å². The van der Waals surface area contributed by atoms with Crippen LogP contribution in [0.1, 0.15) is 11.7 Å². The van der Waals surface area contributed by atoms with Crippen LogP contribution in [0.4, 0.5) is 14.5 Å². The molecular weight excluding hydrogens is 304 g/mol. The molecular formula is C17H17F2NO3. The fourth-order valence-electron chi connectivity index (χ4n) is 2.65. The highest BCUT2D eigenvalue weighted by Gasteiger charge is 2.23. The van der Waals surface area contributed by atoms with Crippen LogP contribution < -0.4 is 14.4 Å². The van der Waals surface area contributed by atoms with Gasteiger partial charge in [0.25, 0.3) is 0 Å². The Balaban J connectivity index is 1.83. The van der Waals surface area contributed by atoms with Crippen molar-refractivity contribution < 1.29 is 23.4 Å². The van der Waals surface area contributed by atoms with E-state index >= 15 is 0 Å². The number of methoxy groups -OCH3 is 1. The second-order valence-corrected chi connectivity index (χ2v) is 5.31. The summed E-state index contributed by atoms with van der Waals surface area (Å²) in [4.78, 5) is 1.90. The van der Waals surface area contributed by atoms with Gasteiger partial charge in [-0.15, -0.1) is 0 Å². The molecule has 2 aromatic carbocycles. The zero-order chi connectivity index (χ0) is 16.4. The molecule has 1 N–H and O–H groups in total. The second-order valence-electron chi connectivity index (χ2n) is 5.31. The maximum atomic E-state index is 13.8. The summed E-state index contributed by atoms with van der Waals surface area (Å²) >= 11 is 0. The van der Waals surface area contributed by atoms with Gasteiger partial charge in [-0.05, 0) is 18.2 Å². The van der Waals surface area contributed by atoms with Gasteiger partial charge in [-0.1, -0.05) is 6.07 Å². The molecule has 6 heteroatoms. The summed E-state index contributed by atoms with van der Waals surface area (Å²) in [5, 5.41) is 10.3. The first-order chi connectivity index (χ1) is 11.1. The van der Waals surface area contributed by atoms with Gasteiger partial charge < -0.3 is 19.5 Å². The number of β-amino-alcohol motifs (C(OH)–C–C–N with tert-alkyl or cyclic N) is 1. The molecule has 1 aliphatic rings. The molecule has 23 heavy (non-hydrogen) atoms. The third-order valence-corrected chi connectivity index (χ3v) is 3.84. The molecule has 0 saturated heterocycles. The van der Waals surface area contributed by atoms with Gasteiger partial charge in [-0.25, -0.2) is 8.78 Å². The van der Waals surface area contributed by atoms with Gasteiger partial charge in [-0.3, -0.25) is 0 Å². The minimum Gasteiger partial charge on any atom is -0.497 e. The van der Waals surface area contributed by atoms with Crippen LogP contribution in [0.3, 0.4) is 0 Å². The predicted molar refractivity (Wildman–Crippen MR) is 82.0 cm³/mol. The minimum atomic E-state index is -1.08. The normalized spacial score (nSPS) is 14.9. The van der Waals surface area contributed by atoms with Crippen molar-refractivity contribution in [3.8, 4) is 11.5 Å². The van der Waals surface area contributed by atoms with Crippen LogP contribution in [0.15, 0.2) is 36.4 Å². The number of aliphatic hydroxyl groups is 1. The molecule has 1 atom stereocenters. The van der Waals surface area contributed by atoms with Crippen molar-refractivity contribution in [3.05, 3.63) is 53.6 Å². The maximum absolute atomic E-state index is 13.8. The third-order valence-electron chi connectivity index (χ3n) is 3.84. The summed E-state index contributed by atoms with van der Waals surface area (Å²) in [6.07, 6.45) is -1.08. The van der Waals surface area contributed by atoms with E-state index in [2.05, 4.69) is 0 Å². The molecule has 0 aliphatic carbocycles. The summed E-state index contributed by atoms with van der Waals surface area (Å²) in [5.41, 5.74) is 0.847. The van der Waals surface area contributed by atoms with Crippen LogP contribution in [-0.4, -0.2) is 31.9 Å². The first-order valence-corrected chi connectivity index (χ1v) is 7.27. The number of nitrogens with zero attached hydrogens (tertiary/aromatic N) is 1. The number of anilines is 1. The fourth-order valence-corrected chi connectivity index (χ4v) is 2.65. The van der Waals surface area contributed by atoms with Crippen molar-refractivity contribution in [2.24, 2.45) is 0 Å². The molecule has 0 aromatic heterocycles. The highest BCUT2D eigenvalue weighted by molar-refractivity contribution is 5.63. The van der Waals surface area contributed by atoms with Gasteiger partial charge in [0.1, 0.15) is 29.7 Å². The van der Waals surface area contributed by atoms with E-state index in [1.165, 1.54) is 6.07 Å². The monoisotopic (exact) mass is 321 g/mol. The lowest BCUT2D eigenvalue weighted by molar-refractivity contribution is 0.174. The van der Waals surface area contributed by atoms with Gasteiger partial charge in [0.05, 0.1) is 25.4 Å². The lowest BCUT2D eigenvalue weighted by Gasteiger charge is -2.33. The van der Waals surface area contributed by atoms with Gasteiger partial charge in [-0.2, -0.15) is 0 Å². The molecule has 3 rings (SSSR count). The van der Waals surface area contributed by atoms with Crippen LogP contribution >= 0.6 is 0 Å². The highest BCUT2D eigenvalue weighted by Crippen LogP contribution is 2.36. The number of ether oxygens (including phenoxy) is 2. The largest absolute Gasteiger partial charge is 0.497 e. The lowest BCUT2D eigenvalue weighted by Crippen LogP contribution is -2.36. The number of aliphatic hydroxyl groups excluding tert-OH is 1. The molecule has 1 heterocycles. The zero-order valence-electron chi connectivity index (χ0n) is 12.6. The molecule has 122 valence electrons. The van der Waals surface area contributed by atoms with E-state index < -0.39 is 17.7 Å². The van der Waals surface area contributed by atoms with Crippen molar-refractivity contribution in [2.75, 3.05) is 31.7 Å². The Morgan fingerprint density at radius 3 is 2.83 bits per heavy atom. The molecule has 0 amide bonds. The lowest BCUT2D eigenvalue weighted by atomic mass is 10.1. The summed E-state index contributed by atoms with van der Waals surface area (Å²) in [5.74, 6) is -0.0675. The minimum absolute atomic E-state index is 0.0716. The van der Waals surface area contributed by atoms with Crippen molar-refractivity contribution in [1.29, 1.82) is 0 Å². The van der Waals surface area contributed by atoms with E-state index in [0.717, 1.165) is 17.8 Å². The number of halogens is 2. The number of hydrogen-bond acceptors (Lipinski definition) is 4. The van der Waals surface area contributed by atoms with Crippen molar-refractivity contribution in [2.45, 2.75) is 6.10 Å². The van der Waals surface area contributed by atoms with E-state index in [0.29, 0.717) is 24.7 Å². The molecule has 0 saturated carbocycles. The molecule has 4 nitrogen and oxygen atoms in total. The molecule has 2 aromatic rings. The fraction of sp³-hybridized carbons (Fsp3) is 0.294. The Morgan fingerprint density at radius 2 is 2.09 bits per heavy atom. The Bertz CT molecular complexity index is 708. The quantitative estimate of drug-likeness (QED) is 0.940. The van der Waals surface area contributed by atoms with E-state index in [9.17, 15) is 13.9 Å². The summed E-state index contributed by atoms with van der Waals surface area (Å²) < 4.78 is 37.6. The predicted octanol–water partition coefficient (Wildman–Crippen LogP) is 2.91. The second kappa shape index (κ2) is 6.42. The van der Waals surface area contributed by atoms with Crippen LogP contribution in [0.25, 0.3) is 0 Å². The molecule has 0 spiro atoms. The summed E-state index contributed by atoms with van der Waals surface area (Å²) in [6.45, 7) is 1.20. The Labute approximate surface area is 132 Å². The molecule has 1 unspecified atom stereocenters. The van der Waals surface area contributed by atoms with E-state index in [-0.39, 0.29) is 12.1 Å². The number of fused-ring (bicyclic) bond motifs is 1. The Morgan fingerprint density at radius 1 is 1.26 bits per heavy atom.